The zero-order valence-electron chi connectivity index (χ0n) is 10.4. The summed E-state index contributed by atoms with van der Waals surface area (Å²) >= 11 is 0. The van der Waals surface area contributed by atoms with Crippen LogP contribution >= 0.6 is 0 Å². The van der Waals surface area contributed by atoms with Crippen LogP contribution < -0.4 is 10.6 Å². The molecule has 0 aromatic carbocycles. The van der Waals surface area contributed by atoms with Crippen LogP contribution in [0, 0.1) is 0 Å². The Morgan fingerprint density at radius 1 is 1.00 bits per heavy atom. The normalized spacial score (nSPS) is 10.4. The molecule has 0 aromatic rings. The van der Waals surface area contributed by atoms with Crippen LogP contribution in [-0.2, 0) is 14.3 Å². The van der Waals surface area contributed by atoms with Gasteiger partial charge in [-0.1, -0.05) is 6.92 Å². The van der Waals surface area contributed by atoms with Crippen molar-refractivity contribution < 1.29 is 14.3 Å². The van der Waals surface area contributed by atoms with E-state index >= 15 is 0 Å². The Bertz CT molecular complexity index is 165. The van der Waals surface area contributed by atoms with Gasteiger partial charge in [-0.15, -0.1) is 0 Å². The predicted octanol–water partition coefficient (Wildman–Crippen LogP) is 0.155. The van der Waals surface area contributed by atoms with Gasteiger partial charge in [0.15, 0.2) is 0 Å². The quantitative estimate of drug-likeness (QED) is 0.498. The van der Waals surface area contributed by atoms with Crippen molar-refractivity contribution in [3.8, 4) is 0 Å². The van der Waals surface area contributed by atoms with Crippen LogP contribution in [0.2, 0.25) is 0 Å². The molecule has 0 aliphatic carbocycles. The molecule has 0 saturated heterocycles. The molecule has 2 N–H and O–H groups in total. The Morgan fingerprint density at radius 3 is 2.19 bits per heavy atom. The number of nitrogens with one attached hydrogen (secondary N) is 2. The summed E-state index contributed by atoms with van der Waals surface area (Å²) in [5.74, 6) is -0.0261. The first-order chi connectivity index (χ1) is 7.77. The van der Waals surface area contributed by atoms with Crippen LogP contribution in [0.3, 0.4) is 0 Å². The topological polar surface area (TPSA) is 59.6 Å². The van der Waals surface area contributed by atoms with E-state index in [9.17, 15) is 4.79 Å². The summed E-state index contributed by atoms with van der Waals surface area (Å²) in [4.78, 5) is 10.5. The Balaban J connectivity index is 2.90. The molecule has 0 bridgehead atoms. The molecule has 16 heavy (non-hydrogen) atoms. The van der Waals surface area contributed by atoms with E-state index in [1.165, 1.54) is 6.92 Å². The molecule has 0 fully saturated rings. The van der Waals surface area contributed by atoms with Crippen molar-refractivity contribution in [1.29, 1.82) is 0 Å². The van der Waals surface area contributed by atoms with Crippen molar-refractivity contribution in [2.24, 2.45) is 0 Å². The summed E-state index contributed by atoms with van der Waals surface area (Å²) in [5, 5.41) is 5.90. The number of carbonyl (C=O) groups is 1. The second-order valence-electron chi connectivity index (χ2n) is 3.46. The molecule has 0 saturated carbocycles. The maximum absolute atomic E-state index is 10.5. The van der Waals surface area contributed by atoms with Gasteiger partial charge in [-0.05, 0) is 13.0 Å². The highest BCUT2D eigenvalue weighted by molar-refractivity contribution is 5.72. The van der Waals surface area contributed by atoms with Gasteiger partial charge in [0.25, 0.3) is 0 Å². The van der Waals surface area contributed by atoms with Crippen molar-refractivity contribution in [2.45, 2.75) is 20.3 Å². The number of carbonyl (C=O) groups excluding carboxylic acids is 1. The smallest absolute Gasteiger partial charge is 0.216 e. The van der Waals surface area contributed by atoms with Gasteiger partial charge in [-0.2, -0.15) is 0 Å². The van der Waals surface area contributed by atoms with E-state index in [0.29, 0.717) is 26.4 Å². The lowest BCUT2D eigenvalue weighted by Gasteiger charge is -2.06. The fourth-order valence-corrected chi connectivity index (χ4v) is 1.07. The fourth-order valence-electron chi connectivity index (χ4n) is 1.07. The molecular weight excluding hydrogens is 208 g/mol. The van der Waals surface area contributed by atoms with Crippen molar-refractivity contribution in [3.63, 3.8) is 0 Å². The molecule has 0 aliphatic heterocycles. The fraction of sp³-hybridized carbons (Fsp3) is 0.909. The van der Waals surface area contributed by atoms with Crippen LogP contribution in [0.1, 0.15) is 20.3 Å². The standard InChI is InChI=1S/C11H24N2O3/c1-3-4-12-5-7-15-9-10-16-8-6-13-11(2)14/h12H,3-10H2,1-2H3,(H,13,14). The van der Waals surface area contributed by atoms with Crippen molar-refractivity contribution in [1.82, 2.24) is 10.6 Å². The average molecular weight is 232 g/mol. The maximum Gasteiger partial charge on any atom is 0.216 e. The lowest BCUT2D eigenvalue weighted by molar-refractivity contribution is -0.119. The summed E-state index contributed by atoms with van der Waals surface area (Å²) < 4.78 is 10.6. The largest absolute Gasteiger partial charge is 0.378 e. The third kappa shape index (κ3) is 13.4. The Morgan fingerprint density at radius 2 is 1.62 bits per heavy atom. The molecule has 0 atom stereocenters. The van der Waals surface area contributed by atoms with E-state index in [0.717, 1.165) is 26.1 Å². The predicted molar refractivity (Wildman–Crippen MR) is 63.5 cm³/mol. The van der Waals surface area contributed by atoms with Gasteiger partial charge >= 0.3 is 0 Å². The first-order valence-electron chi connectivity index (χ1n) is 5.88. The van der Waals surface area contributed by atoms with Gasteiger partial charge in [0, 0.05) is 20.0 Å². The maximum atomic E-state index is 10.5. The molecule has 0 rings (SSSR count). The van der Waals surface area contributed by atoms with Gasteiger partial charge in [0.05, 0.1) is 26.4 Å². The lowest BCUT2D eigenvalue weighted by atomic mass is 10.5. The Hall–Kier alpha value is -0.650. The van der Waals surface area contributed by atoms with E-state index in [1.54, 1.807) is 0 Å². The minimum absolute atomic E-state index is 0.0261. The molecule has 5 heteroatoms. The van der Waals surface area contributed by atoms with E-state index in [-0.39, 0.29) is 5.91 Å². The second kappa shape index (κ2) is 12.4. The molecule has 0 aromatic heterocycles. The number of ether oxygens (including phenoxy) is 2. The van der Waals surface area contributed by atoms with E-state index in [2.05, 4.69) is 17.6 Å². The van der Waals surface area contributed by atoms with Crippen LogP contribution in [0.25, 0.3) is 0 Å². The summed E-state index contributed by atoms with van der Waals surface area (Å²) in [6, 6.07) is 0. The zero-order chi connectivity index (χ0) is 12.1. The van der Waals surface area contributed by atoms with Crippen LogP contribution in [0.4, 0.5) is 0 Å². The van der Waals surface area contributed by atoms with Crippen LogP contribution in [0.5, 0.6) is 0 Å². The summed E-state index contributed by atoms with van der Waals surface area (Å²) in [7, 11) is 0. The molecule has 0 spiro atoms. The summed E-state index contributed by atoms with van der Waals surface area (Å²) in [6.07, 6.45) is 1.15. The highest BCUT2D eigenvalue weighted by atomic mass is 16.5. The number of amides is 1. The van der Waals surface area contributed by atoms with Crippen molar-refractivity contribution >= 4 is 5.91 Å². The van der Waals surface area contributed by atoms with E-state index < -0.39 is 0 Å². The molecule has 0 radical (unpaired) electrons. The lowest BCUT2D eigenvalue weighted by Crippen LogP contribution is -2.25. The van der Waals surface area contributed by atoms with Crippen molar-refractivity contribution in [2.75, 3.05) is 46.1 Å². The molecule has 1 amide bonds. The highest BCUT2D eigenvalue weighted by Gasteiger charge is 1.92. The zero-order valence-corrected chi connectivity index (χ0v) is 10.4. The van der Waals surface area contributed by atoms with Gasteiger partial charge in [-0.3, -0.25) is 4.79 Å². The van der Waals surface area contributed by atoms with Gasteiger partial charge in [-0.25, -0.2) is 0 Å². The first-order valence-corrected chi connectivity index (χ1v) is 5.88. The van der Waals surface area contributed by atoms with Gasteiger partial charge in [0.2, 0.25) is 5.91 Å². The SMILES string of the molecule is CCCNCCOCCOCCNC(C)=O. The van der Waals surface area contributed by atoms with Crippen LogP contribution in [-0.4, -0.2) is 52.0 Å². The summed E-state index contributed by atoms with van der Waals surface area (Å²) in [6.45, 7) is 8.56. The highest BCUT2D eigenvalue weighted by Crippen LogP contribution is 1.78. The first kappa shape index (κ1) is 15.3. The van der Waals surface area contributed by atoms with Crippen molar-refractivity contribution in [3.05, 3.63) is 0 Å². The Labute approximate surface area is 97.9 Å². The second-order valence-corrected chi connectivity index (χ2v) is 3.46. The number of hydrogen-bond acceptors (Lipinski definition) is 4. The van der Waals surface area contributed by atoms with Gasteiger partial charge < -0.3 is 20.1 Å². The molecule has 5 nitrogen and oxygen atoms in total. The van der Waals surface area contributed by atoms with Gasteiger partial charge in [0.1, 0.15) is 0 Å². The molecular formula is C11H24N2O3. The monoisotopic (exact) mass is 232 g/mol. The third-order valence-corrected chi connectivity index (χ3v) is 1.84. The number of rotatable bonds is 11. The van der Waals surface area contributed by atoms with E-state index in [1.807, 2.05) is 0 Å². The number of hydrogen-bond donors (Lipinski definition) is 2. The minimum atomic E-state index is -0.0261. The molecule has 0 aliphatic rings. The molecule has 0 unspecified atom stereocenters. The minimum Gasteiger partial charge on any atom is -0.378 e. The average Bonchev–Trinajstić information content (AvgIpc) is 2.25. The Kier molecular flexibility index (Phi) is 11.9. The van der Waals surface area contributed by atoms with E-state index in [4.69, 9.17) is 9.47 Å². The molecule has 96 valence electrons. The molecule has 0 heterocycles. The summed E-state index contributed by atoms with van der Waals surface area (Å²) in [5.41, 5.74) is 0. The third-order valence-electron chi connectivity index (χ3n) is 1.84. The van der Waals surface area contributed by atoms with Crippen LogP contribution in [0.15, 0.2) is 0 Å².